The highest BCUT2D eigenvalue weighted by molar-refractivity contribution is 5.85. The summed E-state index contributed by atoms with van der Waals surface area (Å²) in [5.74, 6) is 0.585. The van der Waals surface area contributed by atoms with Crippen LogP contribution in [0.1, 0.15) is 50.7 Å². The number of aromatic nitrogens is 1. The molecular weight excluding hydrogens is 232 g/mol. The smallest absolute Gasteiger partial charge is 0.0483 e. The number of rotatable bonds is 6. The number of nitrogens with zero attached hydrogens (tertiary/aromatic N) is 1. The first-order valence-electron chi connectivity index (χ1n) is 7.49. The van der Waals surface area contributed by atoms with E-state index in [1.165, 1.54) is 41.3 Å². The molecule has 0 saturated heterocycles. The highest BCUT2D eigenvalue weighted by Gasteiger charge is 2.10. The molecule has 0 amide bonds. The summed E-state index contributed by atoms with van der Waals surface area (Å²) in [5.41, 5.74) is 9.96. The van der Waals surface area contributed by atoms with Crippen LogP contribution in [-0.4, -0.2) is 11.1 Å². The summed E-state index contributed by atoms with van der Waals surface area (Å²) in [6.45, 7) is 8.36. The molecule has 0 spiro atoms. The van der Waals surface area contributed by atoms with E-state index in [0.29, 0.717) is 12.5 Å². The minimum Gasteiger partial charge on any atom is -0.346 e. The van der Waals surface area contributed by atoms with Gasteiger partial charge in [-0.1, -0.05) is 33.3 Å². The first-order valence-corrected chi connectivity index (χ1v) is 7.49. The fourth-order valence-electron chi connectivity index (χ4n) is 2.64. The van der Waals surface area contributed by atoms with Crippen molar-refractivity contribution >= 4 is 10.9 Å². The zero-order chi connectivity index (χ0) is 13.8. The fraction of sp³-hybridized carbons (Fsp3) is 0.529. The average Bonchev–Trinajstić information content (AvgIpc) is 2.74. The van der Waals surface area contributed by atoms with Gasteiger partial charge in [-0.2, -0.15) is 0 Å². The SMILES string of the molecule is CCCCc1cn(CCN)c2ccc(C(C)C)cc12. The van der Waals surface area contributed by atoms with Crippen LogP contribution in [0, 0.1) is 0 Å². The van der Waals surface area contributed by atoms with Gasteiger partial charge in [0.2, 0.25) is 0 Å². The Morgan fingerprint density at radius 1 is 1.26 bits per heavy atom. The molecule has 0 radical (unpaired) electrons. The summed E-state index contributed by atoms with van der Waals surface area (Å²) in [4.78, 5) is 0. The summed E-state index contributed by atoms with van der Waals surface area (Å²) in [5, 5.41) is 1.42. The van der Waals surface area contributed by atoms with Gasteiger partial charge in [0.1, 0.15) is 0 Å². The monoisotopic (exact) mass is 258 g/mol. The van der Waals surface area contributed by atoms with Gasteiger partial charge in [0.05, 0.1) is 0 Å². The average molecular weight is 258 g/mol. The summed E-state index contributed by atoms with van der Waals surface area (Å²) in [6.07, 6.45) is 5.98. The van der Waals surface area contributed by atoms with Crippen molar-refractivity contribution < 1.29 is 0 Å². The molecule has 1 heterocycles. The lowest BCUT2D eigenvalue weighted by molar-refractivity contribution is 0.726. The molecule has 2 N–H and O–H groups in total. The Labute approximate surface area is 116 Å². The van der Waals surface area contributed by atoms with E-state index in [9.17, 15) is 0 Å². The molecule has 0 fully saturated rings. The predicted octanol–water partition coefficient (Wildman–Crippen LogP) is 4.07. The number of aryl methyl sites for hydroxylation is 1. The molecule has 0 aliphatic heterocycles. The van der Waals surface area contributed by atoms with Crippen molar-refractivity contribution in [1.29, 1.82) is 0 Å². The Kier molecular flexibility index (Phi) is 4.65. The maximum atomic E-state index is 5.72. The van der Waals surface area contributed by atoms with Crippen molar-refractivity contribution in [3.05, 3.63) is 35.5 Å². The Balaban J connectivity index is 2.48. The molecule has 2 nitrogen and oxygen atoms in total. The molecule has 2 aromatic rings. The Bertz CT molecular complexity index is 537. The Morgan fingerprint density at radius 3 is 2.68 bits per heavy atom. The number of hydrogen-bond acceptors (Lipinski definition) is 1. The van der Waals surface area contributed by atoms with Gasteiger partial charge >= 0.3 is 0 Å². The Morgan fingerprint density at radius 2 is 2.05 bits per heavy atom. The van der Waals surface area contributed by atoms with Crippen molar-refractivity contribution in [1.82, 2.24) is 4.57 Å². The first kappa shape index (κ1) is 14.1. The van der Waals surface area contributed by atoms with E-state index in [2.05, 4.69) is 49.7 Å². The lowest BCUT2D eigenvalue weighted by atomic mass is 9.99. The van der Waals surface area contributed by atoms with Crippen LogP contribution in [0.25, 0.3) is 10.9 Å². The van der Waals surface area contributed by atoms with Gasteiger partial charge in [-0.25, -0.2) is 0 Å². The van der Waals surface area contributed by atoms with Gasteiger partial charge in [-0.3, -0.25) is 0 Å². The van der Waals surface area contributed by atoms with E-state index in [1.807, 2.05) is 0 Å². The third-order valence-electron chi connectivity index (χ3n) is 3.82. The molecule has 1 aromatic heterocycles. The van der Waals surface area contributed by atoms with Gasteiger partial charge in [0.25, 0.3) is 0 Å². The van der Waals surface area contributed by atoms with Crippen LogP contribution in [0.2, 0.25) is 0 Å². The third-order valence-corrected chi connectivity index (χ3v) is 3.82. The second kappa shape index (κ2) is 6.25. The number of unbranched alkanes of at least 4 members (excludes halogenated alkanes) is 1. The molecule has 0 saturated carbocycles. The molecule has 1 aromatic carbocycles. The number of benzene rings is 1. The van der Waals surface area contributed by atoms with Crippen molar-refractivity contribution in [2.75, 3.05) is 6.54 Å². The number of nitrogens with two attached hydrogens (primary N) is 1. The third kappa shape index (κ3) is 3.01. The molecule has 2 rings (SSSR count). The second-order valence-corrected chi connectivity index (χ2v) is 5.67. The van der Waals surface area contributed by atoms with Gasteiger partial charge in [-0.05, 0) is 42.0 Å². The van der Waals surface area contributed by atoms with E-state index in [-0.39, 0.29) is 0 Å². The molecule has 0 aliphatic carbocycles. The normalized spacial score (nSPS) is 11.6. The summed E-state index contributed by atoms with van der Waals surface area (Å²) < 4.78 is 2.31. The van der Waals surface area contributed by atoms with E-state index < -0.39 is 0 Å². The maximum absolute atomic E-state index is 5.72. The Hall–Kier alpha value is -1.28. The summed E-state index contributed by atoms with van der Waals surface area (Å²) in [7, 11) is 0. The molecule has 0 atom stereocenters. The minimum absolute atomic E-state index is 0.585. The lowest BCUT2D eigenvalue weighted by Crippen LogP contribution is -2.08. The highest BCUT2D eigenvalue weighted by atomic mass is 15.0. The lowest BCUT2D eigenvalue weighted by Gasteiger charge is -2.07. The molecular formula is C17H26N2. The van der Waals surface area contributed by atoms with Crippen LogP contribution < -0.4 is 5.73 Å². The second-order valence-electron chi connectivity index (χ2n) is 5.67. The standard InChI is InChI=1S/C17H26N2/c1-4-5-6-15-12-19(10-9-18)17-8-7-14(13(2)3)11-16(15)17/h7-8,11-13H,4-6,9-10,18H2,1-3H3. The molecule has 19 heavy (non-hydrogen) atoms. The zero-order valence-electron chi connectivity index (χ0n) is 12.4. The van der Waals surface area contributed by atoms with E-state index in [1.54, 1.807) is 0 Å². The minimum atomic E-state index is 0.585. The maximum Gasteiger partial charge on any atom is 0.0483 e. The van der Waals surface area contributed by atoms with Crippen LogP contribution in [0.5, 0.6) is 0 Å². The van der Waals surface area contributed by atoms with Crippen LogP contribution >= 0.6 is 0 Å². The van der Waals surface area contributed by atoms with Crippen LogP contribution in [-0.2, 0) is 13.0 Å². The zero-order valence-corrected chi connectivity index (χ0v) is 12.4. The quantitative estimate of drug-likeness (QED) is 0.832. The van der Waals surface area contributed by atoms with Crippen LogP contribution in [0.3, 0.4) is 0 Å². The van der Waals surface area contributed by atoms with Crippen molar-refractivity contribution in [3.8, 4) is 0 Å². The molecule has 0 unspecified atom stereocenters. The van der Waals surface area contributed by atoms with Crippen molar-refractivity contribution in [3.63, 3.8) is 0 Å². The highest BCUT2D eigenvalue weighted by Crippen LogP contribution is 2.27. The van der Waals surface area contributed by atoms with Crippen molar-refractivity contribution in [2.24, 2.45) is 5.73 Å². The number of hydrogen-bond donors (Lipinski definition) is 1. The topological polar surface area (TPSA) is 30.9 Å². The molecule has 0 bridgehead atoms. The van der Waals surface area contributed by atoms with Crippen LogP contribution in [0.15, 0.2) is 24.4 Å². The predicted molar refractivity (Wildman–Crippen MR) is 83.7 cm³/mol. The van der Waals surface area contributed by atoms with Gasteiger partial charge < -0.3 is 10.3 Å². The van der Waals surface area contributed by atoms with Gasteiger partial charge in [0.15, 0.2) is 0 Å². The van der Waals surface area contributed by atoms with Gasteiger partial charge in [0, 0.05) is 30.2 Å². The van der Waals surface area contributed by atoms with Crippen LogP contribution in [0.4, 0.5) is 0 Å². The first-order chi connectivity index (χ1) is 9.17. The summed E-state index contributed by atoms with van der Waals surface area (Å²) >= 11 is 0. The molecule has 2 heteroatoms. The van der Waals surface area contributed by atoms with Gasteiger partial charge in [-0.15, -0.1) is 0 Å². The molecule has 104 valence electrons. The largest absolute Gasteiger partial charge is 0.346 e. The summed E-state index contributed by atoms with van der Waals surface area (Å²) in [6, 6.07) is 6.89. The van der Waals surface area contributed by atoms with E-state index in [0.717, 1.165) is 6.54 Å². The van der Waals surface area contributed by atoms with E-state index in [4.69, 9.17) is 5.73 Å². The molecule has 0 aliphatic rings. The fourth-order valence-corrected chi connectivity index (χ4v) is 2.64. The van der Waals surface area contributed by atoms with Crippen molar-refractivity contribution in [2.45, 2.75) is 52.5 Å². The number of fused-ring (bicyclic) bond motifs is 1. The van der Waals surface area contributed by atoms with E-state index >= 15 is 0 Å².